The summed E-state index contributed by atoms with van der Waals surface area (Å²) in [4.78, 5) is 28.9. The van der Waals surface area contributed by atoms with Crippen LogP contribution in [0.3, 0.4) is 0 Å². The molecule has 0 bridgehead atoms. The lowest BCUT2D eigenvalue weighted by atomic mass is 10.0. The molecule has 0 aromatic heterocycles. The zero-order chi connectivity index (χ0) is 18.2. The monoisotopic (exact) mass is 393 g/mol. The SMILES string of the molecule is Cl.O=C(CCc1ccccc1)N1CCCN(C(=O)CCC2CCNC2)CC1. The summed E-state index contributed by atoms with van der Waals surface area (Å²) in [6.45, 7) is 5.04. The van der Waals surface area contributed by atoms with Crippen molar-refractivity contribution >= 4 is 24.2 Å². The first-order chi connectivity index (χ1) is 12.7. The Morgan fingerprint density at radius 1 is 0.963 bits per heavy atom. The molecule has 2 aliphatic heterocycles. The van der Waals surface area contributed by atoms with Gasteiger partial charge in [-0.25, -0.2) is 0 Å². The Labute approximate surface area is 168 Å². The number of aryl methyl sites for hydroxylation is 1. The van der Waals surface area contributed by atoms with Crippen LogP contribution in [-0.2, 0) is 16.0 Å². The molecule has 0 spiro atoms. The summed E-state index contributed by atoms with van der Waals surface area (Å²) in [6, 6.07) is 10.1. The molecular weight excluding hydrogens is 362 g/mol. The number of nitrogens with one attached hydrogen (secondary N) is 1. The maximum Gasteiger partial charge on any atom is 0.222 e. The van der Waals surface area contributed by atoms with E-state index in [1.54, 1.807) is 0 Å². The fourth-order valence-electron chi connectivity index (χ4n) is 3.92. The third-order valence-corrected chi connectivity index (χ3v) is 5.60. The number of benzene rings is 1. The molecule has 6 heteroatoms. The van der Waals surface area contributed by atoms with E-state index in [0.29, 0.717) is 31.8 Å². The Morgan fingerprint density at radius 3 is 2.26 bits per heavy atom. The van der Waals surface area contributed by atoms with Crippen LogP contribution in [0, 0.1) is 5.92 Å². The molecule has 2 aliphatic rings. The van der Waals surface area contributed by atoms with Crippen molar-refractivity contribution < 1.29 is 9.59 Å². The van der Waals surface area contributed by atoms with Gasteiger partial charge < -0.3 is 15.1 Å². The highest BCUT2D eigenvalue weighted by atomic mass is 35.5. The minimum absolute atomic E-state index is 0. The predicted octanol–water partition coefficient (Wildman–Crippen LogP) is 2.49. The van der Waals surface area contributed by atoms with Crippen LogP contribution in [0.5, 0.6) is 0 Å². The Morgan fingerprint density at radius 2 is 1.63 bits per heavy atom. The summed E-state index contributed by atoms with van der Waals surface area (Å²) in [6.07, 6.45) is 5.04. The van der Waals surface area contributed by atoms with Crippen molar-refractivity contribution in [2.75, 3.05) is 39.3 Å². The summed E-state index contributed by atoms with van der Waals surface area (Å²) in [5.74, 6) is 1.12. The van der Waals surface area contributed by atoms with Gasteiger partial charge in [-0.2, -0.15) is 0 Å². The van der Waals surface area contributed by atoms with E-state index < -0.39 is 0 Å². The molecule has 5 nitrogen and oxygen atoms in total. The summed E-state index contributed by atoms with van der Waals surface area (Å²) in [7, 11) is 0. The minimum atomic E-state index is 0. The van der Waals surface area contributed by atoms with Crippen molar-refractivity contribution in [2.24, 2.45) is 5.92 Å². The van der Waals surface area contributed by atoms with Gasteiger partial charge in [0.05, 0.1) is 0 Å². The predicted molar refractivity (Wildman–Crippen MR) is 110 cm³/mol. The quantitative estimate of drug-likeness (QED) is 0.807. The first-order valence-corrected chi connectivity index (χ1v) is 10.0. The van der Waals surface area contributed by atoms with E-state index in [4.69, 9.17) is 0 Å². The van der Waals surface area contributed by atoms with E-state index in [1.165, 1.54) is 12.0 Å². The summed E-state index contributed by atoms with van der Waals surface area (Å²) < 4.78 is 0. The van der Waals surface area contributed by atoms with E-state index in [9.17, 15) is 9.59 Å². The van der Waals surface area contributed by atoms with Crippen molar-refractivity contribution in [2.45, 2.75) is 38.5 Å². The topological polar surface area (TPSA) is 52.7 Å². The molecule has 2 saturated heterocycles. The van der Waals surface area contributed by atoms with Crippen molar-refractivity contribution in [3.63, 3.8) is 0 Å². The smallest absolute Gasteiger partial charge is 0.222 e. The van der Waals surface area contributed by atoms with Gasteiger partial charge in [0.1, 0.15) is 0 Å². The number of nitrogens with zero attached hydrogens (tertiary/aromatic N) is 2. The zero-order valence-corrected chi connectivity index (χ0v) is 16.9. The largest absolute Gasteiger partial charge is 0.341 e. The molecule has 2 amide bonds. The number of halogens is 1. The van der Waals surface area contributed by atoms with Gasteiger partial charge in [0.25, 0.3) is 0 Å². The molecule has 1 aromatic rings. The Hall–Kier alpha value is -1.59. The van der Waals surface area contributed by atoms with Gasteiger partial charge in [0.15, 0.2) is 0 Å². The number of hydrogen-bond acceptors (Lipinski definition) is 3. The number of hydrogen-bond donors (Lipinski definition) is 1. The van der Waals surface area contributed by atoms with Gasteiger partial charge in [0.2, 0.25) is 11.8 Å². The second kappa shape index (κ2) is 11.3. The van der Waals surface area contributed by atoms with E-state index in [-0.39, 0.29) is 24.2 Å². The molecule has 0 radical (unpaired) electrons. The number of amides is 2. The molecule has 0 aliphatic carbocycles. The third kappa shape index (κ3) is 6.82. The average Bonchev–Trinajstić information content (AvgIpc) is 3.07. The van der Waals surface area contributed by atoms with Crippen molar-refractivity contribution in [3.05, 3.63) is 35.9 Å². The number of carbonyl (C=O) groups excluding carboxylic acids is 2. The van der Waals surface area contributed by atoms with Gasteiger partial charge in [-0.15, -0.1) is 12.4 Å². The Balaban J connectivity index is 0.00000261. The van der Waals surface area contributed by atoms with Crippen LogP contribution in [0.4, 0.5) is 0 Å². The number of carbonyl (C=O) groups is 2. The van der Waals surface area contributed by atoms with Crippen molar-refractivity contribution in [1.82, 2.24) is 15.1 Å². The van der Waals surface area contributed by atoms with Gasteiger partial charge in [-0.3, -0.25) is 9.59 Å². The lowest BCUT2D eigenvalue weighted by Crippen LogP contribution is -2.37. The van der Waals surface area contributed by atoms with Crippen LogP contribution in [0.1, 0.15) is 37.7 Å². The molecular formula is C21H32ClN3O2. The highest BCUT2D eigenvalue weighted by Gasteiger charge is 2.23. The first kappa shape index (κ1) is 21.7. The highest BCUT2D eigenvalue weighted by molar-refractivity contribution is 5.85. The Kier molecular flexibility index (Phi) is 9.08. The fourth-order valence-corrected chi connectivity index (χ4v) is 3.92. The van der Waals surface area contributed by atoms with Crippen molar-refractivity contribution in [1.29, 1.82) is 0 Å². The van der Waals surface area contributed by atoms with Crippen LogP contribution < -0.4 is 5.32 Å². The van der Waals surface area contributed by atoms with Crippen LogP contribution >= 0.6 is 12.4 Å². The molecule has 2 fully saturated rings. The van der Waals surface area contributed by atoms with E-state index >= 15 is 0 Å². The van der Waals surface area contributed by atoms with Crippen LogP contribution in [0.15, 0.2) is 30.3 Å². The van der Waals surface area contributed by atoms with Crippen LogP contribution in [0.25, 0.3) is 0 Å². The molecule has 1 aromatic carbocycles. The zero-order valence-electron chi connectivity index (χ0n) is 16.1. The maximum absolute atomic E-state index is 12.5. The highest BCUT2D eigenvalue weighted by Crippen LogP contribution is 2.16. The second-order valence-corrected chi connectivity index (χ2v) is 7.50. The molecule has 3 rings (SSSR count). The summed E-state index contributed by atoms with van der Waals surface area (Å²) >= 11 is 0. The van der Waals surface area contributed by atoms with E-state index in [1.807, 2.05) is 28.0 Å². The van der Waals surface area contributed by atoms with Gasteiger partial charge in [-0.1, -0.05) is 30.3 Å². The molecule has 1 atom stereocenters. The number of rotatable bonds is 6. The molecule has 27 heavy (non-hydrogen) atoms. The lowest BCUT2D eigenvalue weighted by Gasteiger charge is -2.22. The fraction of sp³-hybridized carbons (Fsp3) is 0.619. The normalized spacial score (nSPS) is 20.1. The Bertz CT molecular complexity index is 590. The minimum Gasteiger partial charge on any atom is -0.341 e. The van der Waals surface area contributed by atoms with E-state index in [2.05, 4.69) is 17.4 Å². The molecule has 2 heterocycles. The maximum atomic E-state index is 12.5. The standard InChI is InChI=1S/C21H31N3O2.ClH/c25-20(9-7-18-5-2-1-3-6-18)23-13-4-14-24(16-15-23)21(26)10-8-19-11-12-22-17-19;/h1-3,5-6,19,22H,4,7-17H2;1H. The molecule has 0 saturated carbocycles. The lowest BCUT2D eigenvalue weighted by molar-refractivity contribution is -0.133. The third-order valence-electron chi connectivity index (χ3n) is 5.60. The second-order valence-electron chi connectivity index (χ2n) is 7.50. The van der Waals surface area contributed by atoms with Crippen molar-refractivity contribution in [3.8, 4) is 0 Å². The first-order valence-electron chi connectivity index (χ1n) is 10.0. The summed E-state index contributed by atoms with van der Waals surface area (Å²) in [5, 5.41) is 3.36. The molecule has 150 valence electrons. The van der Waals surface area contributed by atoms with E-state index in [0.717, 1.165) is 45.4 Å². The van der Waals surface area contributed by atoms with Crippen LogP contribution in [0.2, 0.25) is 0 Å². The molecule has 1 unspecified atom stereocenters. The van der Waals surface area contributed by atoms with Crippen LogP contribution in [-0.4, -0.2) is 60.9 Å². The average molecular weight is 394 g/mol. The molecule has 1 N–H and O–H groups in total. The summed E-state index contributed by atoms with van der Waals surface area (Å²) in [5.41, 5.74) is 1.20. The van der Waals surface area contributed by atoms with Gasteiger partial charge >= 0.3 is 0 Å². The van der Waals surface area contributed by atoms with Gasteiger partial charge in [-0.05, 0) is 50.3 Å². The van der Waals surface area contributed by atoms with Gasteiger partial charge in [0, 0.05) is 39.0 Å².